The van der Waals surface area contributed by atoms with Crippen LogP contribution in [0.5, 0.6) is 0 Å². The number of aromatic nitrogens is 2. The summed E-state index contributed by atoms with van der Waals surface area (Å²) in [5.74, 6) is -1.34. The van der Waals surface area contributed by atoms with Crippen LogP contribution < -0.4 is 11.1 Å². The number of anilines is 1. The van der Waals surface area contributed by atoms with Crippen LogP contribution in [0.15, 0.2) is 12.4 Å². The molecule has 1 aromatic rings. The molecule has 0 aliphatic heterocycles. The van der Waals surface area contributed by atoms with E-state index in [2.05, 4.69) is 10.4 Å². The molecule has 0 aliphatic rings. The van der Waals surface area contributed by atoms with Crippen molar-refractivity contribution in [2.24, 2.45) is 5.73 Å². The molecule has 1 heterocycles. The van der Waals surface area contributed by atoms with Gasteiger partial charge >= 0.3 is 5.97 Å². The van der Waals surface area contributed by atoms with Gasteiger partial charge in [-0.25, -0.2) is 0 Å². The number of nitrogens with two attached hydrogens (primary N) is 1. The number of nitrogens with one attached hydrogen (secondary N) is 1. The third kappa shape index (κ3) is 5.09. The minimum atomic E-state index is -1.00. The highest BCUT2D eigenvalue weighted by atomic mass is 16.5. The number of carboxylic acid groups (broad SMARTS) is 1. The molecule has 4 N–H and O–H groups in total. The van der Waals surface area contributed by atoms with Gasteiger partial charge in [0, 0.05) is 12.7 Å². The Morgan fingerprint density at radius 3 is 3.00 bits per heavy atom. The van der Waals surface area contributed by atoms with Gasteiger partial charge in [-0.3, -0.25) is 14.3 Å². The molecule has 0 saturated carbocycles. The third-order valence-electron chi connectivity index (χ3n) is 1.71. The first kappa shape index (κ1) is 13.1. The van der Waals surface area contributed by atoms with Crippen LogP contribution in [0.25, 0.3) is 0 Å². The van der Waals surface area contributed by atoms with E-state index in [9.17, 15) is 9.59 Å². The van der Waals surface area contributed by atoms with Crippen molar-refractivity contribution in [3.63, 3.8) is 0 Å². The topological polar surface area (TPSA) is 119 Å². The van der Waals surface area contributed by atoms with E-state index >= 15 is 0 Å². The second kappa shape index (κ2) is 6.61. The van der Waals surface area contributed by atoms with Gasteiger partial charge in [-0.15, -0.1) is 0 Å². The number of carbonyl (C=O) groups excluding carboxylic acids is 1. The van der Waals surface area contributed by atoms with Crippen molar-refractivity contribution >= 4 is 17.6 Å². The lowest BCUT2D eigenvalue weighted by molar-refractivity contribution is -0.137. The lowest BCUT2D eigenvalue weighted by Gasteiger charge is -2.02. The Morgan fingerprint density at radius 2 is 2.35 bits per heavy atom. The number of carbonyl (C=O) groups is 2. The molecule has 0 radical (unpaired) electrons. The molecule has 1 rings (SSSR count). The Morgan fingerprint density at radius 1 is 1.59 bits per heavy atom. The lowest BCUT2D eigenvalue weighted by Crippen LogP contribution is -2.20. The average Bonchev–Trinajstić information content (AvgIpc) is 2.64. The summed E-state index contributed by atoms with van der Waals surface area (Å²) in [7, 11) is 0. The standard InChI is InChI=1S/C9H14N4O4/c10-1-2-17-6-8(14)12-7-3-11-13(4-7)5-9(15)16/h3-4H,1-2,5-6,10H2,(H,12,14)(H,15,16). The van der Waals surface area contributed by atoms with Crippen LogP contribution in [0.4, 0.5) is 5.69 Å². The number of rotatable bonds is 7. The molecule has 1 amide bonds. The molecular formula is C9H14N4O4. The molecule has 0 aromatic carbocycles. The molecule has 0 saturated heterocycles. The van der Waals surface area contributed by atoms with Gasteiger partial charge in [0.15, 0.2) is 0 Å². The zero-order chi connectivity index (χ0) is 12.7. The van der Waals surface area contributed by atoms with E-state index in [1.807, 2.05) is 0 Å². The van der Waals surface area contributed by atoms with Gasteiger partial charge in [0.1, 0.15) is 13.2 Å². The van der Waals surface area contributed by atoms with Gasteiger partial charge < -0.3 is 20.9 Å². The van der Waals surface area contributed by atoms with E-state index in [1.54, 1.807) is 0 Å². The van der Waals surface area contributed by atoms with Gasteiger partial charge in [-0.05, 0) is 0 Å². The van der Waals surface area contributed by atoms with Crippen LogP contribution in [0, 0.1) is 0 Å². The van der Waals surface area contributed by atoms with Gasteiger partial charge in [-0.1, -0.05) is 0 Å². The second-order valence-electron chi connectivity index (χ2n) is 3.21. The minimum absolute atomic E-state index is 0.0959. The van der Waals surface area contributed by atoms with Crippen molar-refractivity contribution < 1.29 is 19.4 Å². The predicted octanol–water partition coefficient (Wildman–Crippen LogP) is -1.12. The van der Waals surface area contributed by atoms with E-state index in [0.29, 0.717) is 18.8 Å². The van der Waals surface area contributed by atoms with Crippen molar-refractivity contribution in [3.8, 4) is 0 Å². The molecule has 0 aliphatic carbocycles. The zero-order valence-electron chi connectivity index (χ0n) is 9.13. The summed E-state index contributed by atoms with van der Waals surface area (Å²) in [5.41, 5.74) is 5.62. The maximum atomic E-state index is 11.3. The average molecular weight is 242 g/mol. The Hall–Kier alpha value is -1.93. The van der Waals surface area contributed by atoms with Crippen molar-refractivity contribution in [3.05, 3.63) is 12.4 Å². The predicted molar refractivity (Wildman–Crippen MR) is 58.4 cm³/mol. The van der Waals surface area contributed by atoms with Crippen molar-refractivity contribution in [1.29, 1.82) is 0 Å². The largest absolute Gasteiger partial charge is 0.480 e. The summed E-state index contributed by atoms with van der Waals surface area (Å²) in [5, 5.41) is 14.8. The molecule has 0 atom stereocenters. The zero-order valence-corrected chi connectivity index (χ0v) is 9.13. The maximum Gasteiger partial charge on any atom is 0.325 e. The van der Waals surface area contributed by atoms with Gasteiger partial charge in [0.2, 0.25) is 5.91 Å². The first-order valence-electron chi connectivity index (χ1n) is 4.93. The Kier molecular flexibility index (Phi) is 5.11. The molecule has 17 heavy (non-hydrogen) atoms. The number of nitrogens with zero attached hydrogens (tertiary/aromatic N) is 2. The molecule has 94 valence electrons. The van der Waals surface area contributed by atoms with Crippen LogP contribution in [-0.2, 0) is 20.9 Å². The summed E-state index contributed by atoms with van der Waals surface area (Å²) >= 11 is 0. The summed E-state index contributed by atoms with van der Waals surface area (Å²) in [6, 6.07) is 0. The molecular weight excluding hydrogens is 228 g/mol. The van der Waals surface area contributed by atoms with Crippen LogP contribution in [0.2, 0.25) is 0 Å². The highest BCUT2D eigenvalue weighted by molar-refractivity contribution is 5.91. The molecule has 0 bridgehead atoms. The molecule has 1 aromatic heterocycles. The van der Waals surface area contributed by atoms with E-state index in [4.69, 9.17) is 15.6 Å². The molecule has 0 fully saturated rings. The third-order valence-corrected chi connectivity index (χ3v) is 1.71. The second-order valence-corrected chi connectivity index (χ2v) is 3.21. The van der Waals surface area contributed by atoms with Crippen LogP contribution >= 0.6 is 0 Å². The first-order chi connectivity index (χ1) is 8.11. The van der Waals surface area contributed by atoms with E-state index < -0.39 is 5.97 Å². The number of amides is 1. The van der Waals surface area contributed by atoms with Crippen molar-refractivity contribution in [2.75, 3.05) is 25.1 Å². The van der Waals surface area contributed by atoms with Crippen LogP contribution in [0.3, 0.4) is 0 Å². The molecule has 8 nitrogen and oxygen atoms in total. The highest BCUT2D eigenvalue weighted by Crippen LogP contribution is 2.04. The Bertz CT molecular complexity index is 390. The Labute approximate surface area is 97.3 Å². The number of ether oxygens (including phenoxy) is 1. The smallest absolute Gasteiger partial charge is 0.325 e. The minimum Gasteiger partial charge on any atom is -0.480 e. The summed E-state index contributed by atoms with van der Waals surface area (Å²) in [6.45, 7) is 0.316. The fourth-order valence-corrected chi connectivity index (χ4v) is 1.10. The van der Waals surface area contributed by atoms with E-state index in [-0.39, 0.29) is 19.1 Å². The van der Waals surface area contributed by atoms with Gasteiger partial charge in [-0.2, -0.15) is 5.10 Å². The maximum absolute atomic E-state index is 11.3. The number of carboxylic acids is 1. The molecule has 0 spiro atoms. The monoisotopic (exact) mass is 242 g/mol. The number of hydrogen-bond donors (Lipinski definition) is 3. The molecule has 8 heteroatoms. The molecule has 0 unspecified atom stereocenters. The first-order valence-corrected chi connectivity index (χ1v) is 4.93. The number of hydrogen-bond acceptors (Lipinski definition) is 5. The lowest BCUT2D eigenvalue weighted by atomic mass is 10.5. The highest BCUT2D eigenvalue weighted by Gasteiger charge is 2.06. The van der Waals surface area contributed by atoms with Gasteiger partial charge in [0.25, 0.3) is 0 Å². The summed E-state index contributed by atoms with van der Waals surface area (Å²) in [4.78, 5) is 21.7. The van der Waals surface area contributed by atoms with Crippen LogP contribution in [-0.4, -0.2) is 46.5 Å². The van der Waals surface area contributed by atoms with E-state index in [1.165, 1.54) is 17.1 Å². The summed E-state index contributed by atoms with van der Waals surface area (Å²) in [6.07, 6.45) is 2.79. The van der Waals surface area contributed by atoms with Crippen molar-refractivity contribution in [2.45, 2.75) is 6.54 Å². The van der Waals surface area contributed by atoms with Crippen LogP contribution in [0.1, 0.15) is 0 Å². The normalized spacial score (nSPS) is 10.2. The SMILES string of the molecule is NCCOCC(=O)Nc1cnn(CC(=O)O)c1. The van der Waals surface area contributed by atoms with Gasteiger partial charge in [0.05, 0.1) is 18.5 Å². The summed E-state index contributed by atoms with van der Waals surface area (Å²) < 4.78 is 6.14. The van der Waals surface area contributed by atoms with E-state index in [0.717, 1.165) is 0 Å². The Balaban J connectivity index is 2.38. The fourth-order valence-electron chi connectivity index (χ4n) is 1.10. The fraction of sp³-hybridized carbons (Fsp3) is 0.444. The number of aliphatic carboxylic acids is 1. The van der Waals surface area contributed by atoms with Crippen molar-refractivity contribution in [1.82, 2.24) is 9.78 Å². The quantitative estimate of drug-likeness (QED) is 0.521.